The van der Waals surface area contributed by atoms with Gasteiger partial charge in [0.2, 0.25) is 0 Å². The van der Waals surface area contributed by atoms with Crippen molar-refractivity contribution < 1.29 is 51.0 Å². The number of benzene rings is 1. The first-order chi connectivity index (χ1) is 7.27. The van der Waals surface area contributed by atoms with Crippen molar-refractivity contribution in [3.05, 3.63) is 42.0 Å². The van der Waals surface area contributed by atoms with Gasteiger partial charge >= 0.3 is 26.2 Å². The van der Waals surface area contributed by atoms with E-state index >= 15 is 0 Å². The van der Waals surface area contributed by atoms with Crippen molar-refractivity contribution in [1.82, 2.24) is 0 Å². The van der Waals surface area contributed by atoms with Crippen LogP contribution in [-0.2, 0) is 26.2 Å². The SMILES string of the molecule is CC[Si]CC.Cc1cc2ccccc2[cH-]1.[Cl-].[Cl-].[Zr+3]. The molecule has 0 amide bonds. The average molecular weight is 378 g/mol. The van der Waals surface area contributed by atoms with Gasteiger partial charge in [-0.25, -0.2) is 0 Å². The van der Waals surface area contributed by atoms with E-state index in [1.807, 2.05) is 0 Å². The molecule has 2 rings (SSSR count). The van der Waals surface area contributed by atoms with Crippen LogP contribution in [0.3, 0.4) is 0 Å². The quantitative estimate of drug-likeness (QED) is 0.439. The van der Waals surface area contributed by atoms with Gasteiger partial charge in [-0.1, -0.05) is 38.9 Å². The molecule has 0 nitrogen and oxygen atoms in total. The third-order valence-electron chi connectivity index (χ3n) is 2.26. The van der Waals surface area contributed by atoms with Crippen LogP contribution in [0.4, 0.5) is 0 Å². The molecule has 3 radical (unpaired) electrons. The van der Waals surface area contributed by atoms with Crippen LogP contribution in [0, 0.1) is 6.92 Å². The fraction of sp³-hybridized carbons (Fsp3) is 0.357. The van der Waals surface area contributed by atoms with Crippen molar-refractivity contribution in [3.63, 3.8) is 0 Å². The summed E-state index contributed by atoms with van der Waals surface area (Å²) < 4.78 is 0. The number of hydrogen-bond acceptors (Lipinski definition) is 0. The molecule has 4 heteroatoms. The summed E-state index contributed by atoms with van der Waals surface area (Å²) in [6.07, 6.45) is 0. The minimum atomic E-state index is 0. The summed E-state index contributed by atoms with van der Waals surface area (Å²) in [5.74, 6) is 0. The van der Waals surface area contributed by atoms with Crippen molar-refractivity contribution in [3.8, 4) is 0 Å². The Morgan fingerprint density at radius 3 is 2.06 bits per heavy atom. The molecular weight excluding hydrogens is 358 g/mol. The van der Waals surface area contributed by atoms with Crippen LogP contribution < -0.4 is 24.8 Å². The Bertz CT molecular complexity index is 366. The van der Waals surface area contributed by atoms with Crippen molar-refractivity contribution in [2.75, 3.05) is 0 Å². The van der Waals surface area contributed by atoms with Crippen LogP contribution in [0.25, 0.3) is 10.8 Å². The predicted octanol–water partition coefficient (Wildman–Crippen LogP) is -1.56. The molecule has 0 saturated carbocycles. The van der Waals surface area contributed by atoms with E-state index in [9.17, 15) is 0 Å². The summed E-state index contributed by atoms with van der Waals surface area (Å²) in [6, 6.07) is 15.6. The van der Waals surface area contributed by atoms with Crippen molar-refractivity contribution in [1.29, 1.82) is 0 Å². The van der Waals surface area contributed by atoms with Crippen LogP contribution >= 0.6 is 0 Å². The maximum absolute atomic E-state index is 2.22. The van der Waals surface area contributed by atoms with E-state index in [0.717, 1.165) is 0 Å². The minimum Gasteiger partial charge on any atom is -1.00 e. The first kappa shape index (κ1) is 23.6. The number of halogens is 2. The third kappa shape index (κ3) is 8.58. The van der Waals surface area contributed by atoms with E-state index in [0.29, 0.717) is 0 Å². The molecule has 0 bridgehead atoms. The number of aryl methyl sites for hydroxylation is 1. The zero-order chi connectivity index (χ0) is 11.1. The summed E-state index contributed by atoms with van der Waals surface area (Å²) >= 11 is 0. The van der Waals surface area contributed by atoms with Crippen molar-refractivity contribution >= 4 is 20.3 Å². The van der Waals surface area contributed by atoms with Crippen LogP contribution in [0.5, 0.6) is 0 Å². The monoisotopic (exact) mass is 375 g/mol. The fourth-order valence-corrected chi connectivity index (χ4v) is 2.06. The van der Waals surface area contributed by atoms with Crippen LogP contribution in [0.15, 0.2) is 36.4 Å². The molecule has 0 fully saturated rings. The Balaban J connectivity index is -0.000000252. The maximum Gasteiger partial charge on any atom is 3.00 e. The number of fused-ring (bicyclic) bond motifs is 1. The molecule has 0 spiro atoms. The average Bonchev–Trinajstić information content (AvgIpc) is 2.60. The van der Waals surface area contributed by atoms with E-state index in [1.54, 1.807) is 0 Å². The second kappa shape index (κ2) is 13.9. The van der Waals surface area contributed by atoms with E-state index < -0.39 is 0 Å². The van der Waals surface area contributed by atoms with E-state index in [4.69, 9.17) is 0 Å². The van der Waals surface area contributed by atoms with Gasteiger partial charge in [0, 0.05) is 9.52 Å². The molecule has 0 saturated heterocycles. The van der Waals surface area contributed by atoms with Gasteiger partial charge in [-0.2, -0.15) is 6.07 Å². The van der Waals surface area contributed by atoms with Crippen LogP contribution in [0.2, 0.25) is 12.1 Å². The van der Waals surface area contributed by atoms with Gasteiger partial charge in [-0.05, 0) is 0 Å². The van der Waals surface area contributed by atoms with Crippen LogP contribution in [0.1, 0.15) is 19.4 Å². The molecule has 0 unspecified atom stereocenters. The second-order valence-electron chi connectivity index (χ2n) is 3.62. The summed E-state index contributed by atoms with van der Waals surface area (Å²) in [6.45, 7) is 6.57. The Labute approximate surface area is 145 Å². The van der Waals surface area contributed by atoms with E-state index in [2.05, 4.69) is 57.2 Å². The van der Waals surface area contributed by atoms with Gasteiger partial charge in [0.15, 0.2) is 0 Å². The Hall–Kier alpha value is 0.510. The van der Waals surface area contributed by atoms with E-state index in [-0.39, 0.29) is 51.0 Å². The Morgan fingerprint density at radius 1 is 1.06 bits per heavy atom. The van der Waals surface area contributed by atoms with E-state index in [1.165, 1.54) is 37.9 Å². The summed E-state index contributed by atoms with van der Waals surface area (Å²) in [5, 5.41) is 2.69. The molecule has 0 N–H and O–H groups in total. The molecule has 0 atom stereocenters. The Morgan fingerprint density at radius 2 is 1.61 bits per heavy atom. The molecule has 0 aliphatic carbocycles. The number of hydrogen-bond donors (Lipinski definition) is 0. The van der Waals surface area contributed by atoms with Gasteiger partial charge in [0.1, 0.15) is 0 Å². The van der Waals surface area contributed by atoms with Crippen molar-refractivity contribution in [2.24, 2.45) is 0 Å². The molecule has 18 heavy (non-hydrogen) atoms. The molecule has 0 heterocycles. The zero-order valence-electron chi connectivity index (χ0n) is 11.1. The first-order valence-corrected chi connectivity index (χ1v) is 7.02. The Kier molecular flexibility index (Phi) is 18.3. The standard InChI is InChI=1S/C10H9.C4H10Si.2ClH.Zr/c1-8-6-9-4-2-3-5-10(9)7-8;1-3-5-4-2;;;/h2-7H,1H3;3-4H2,1-2H3;2*1H;/q-1;;;;+3/p-2. The fourth-order valence-electron chi connectivity index (χ4n) is 1.56. The predicted molar refractivity (Wildman–Crippen MR) is 71.0 cm³/mol. The molecule has 2 aromatic carbocycles. The third-order valence-corrected chi connectivity index (χ3v) is 3.26. The molecule has 97 valence electrons. The van der Waals surface area contributed by atoms with Gasteiger partial charge in [0.25, 0.3) is 0 Å². The number of rotatable bonds is 2. The molecule has 2 aromatic rings. The van der Waals surface area contributed by atoms with Gasteiger partial charge in [-0.3, -0.25) is 0 Å². The van der Waals surface area contributed by atoms with Gasteiger partial charge in [0.05, 0.1) is 0 Å². The second-order valence-corrected chi connectivity index (χ2v) is 5.53. The van der Waals surface area contributed by atoms with Crippen molar-refractivity contribution in [2.45, 2.75) is 32.9 Å². The molecule has 0 aromatic heterocycles. The normalized spacial score (nSPS) is 8.17. The van der Waals surface area contributed by atoms with Crippen LogP contribution in [-0.4, -0.2) is 9.52 Å². The van der Waals surface area contributed by atoms with Gasteiger partial charge < -0.3 is 24.8 Å². The molecule has 0 aliphatic heterocycles. The zero-order valence-corrected chi connectivity index (χ0v) is 16.1. The first-order valence-electron chi connectivity index (χ1n) is 5.60. The smallest absolute Gasteiger partial charge is 1.00 e. The molecule has 0 aliphatic rings. The summed E-state index contributed by atoms with van der Waals surface area (Å²) in [7, 11) is 1.20. The summed E-state index contributed by atoms with van der Waals surface area (Å²) in [5.41, 5.74) is 1.35. The minimum absolute atomic E-state index is 0. The van der Waals surface area contributed by atoms with Gasteiger partial charge in [-0.15, -0.1) is 40.6 Å². The maximum atomic E-state index is 2.22. The summed E-state index contributed by atoms with van der Waals surface area (Å²) in [4.78, 5) is 0. The largest absolute Gasteiger partial charge is 3.00 e. The topological polar surface area (TPSA) is 0 Å². The molecular formula is C14H19Cl2SiZr.